The van der Waals surface area contributed by atoms with E-state index in [1.54, 1.807) is 0 Å². The monoisotopic (exact) mass is 331 g/mol. The SMILES string of the molecule is CCc1cccc(C)c1NC(=O)COc1c(C)cc(Cl)cc1C. The summed E-state index contributed by atoms with van der Waals surface area (Å²) in [5.74, 6) is 0.549. The molecule has 0 spiro atoms. The maximum absolute atomic E-state index is 12.2. The van der Waals surface area contributed by atoms with Crippen molar-refractivity contribution < 1.29 is 9.53 Å². The van der Waals surface area contributed by atoms with Crippen molar-refractivity contribution in [3.63, 3.8) is 0 Å². The molecule has 3 nitrogen and oxygen atoms in total. The molecule has 2 aromatic carbocycles. The number of halogens is 1. The molecule has 0 aliphatic heterocycles. The highest BCUT2D eigenvalue weighted by Gasteiger charge is 2.11. The lowest BCUT2D eigenvalue weighted by Crippen LogP contribution is -2.22. The van der Waals surface area contributed by atoms with Crippen LogP contribution in [-0.4, -0.2) is 12.5 Å². The highest BCUT2D eigenvalue weighted by Crippen LogP contribution is 2.27. The van der Waals surface area contributed by atoms with Gasteiger partial charge in [-0.2, -0.15) is 0 Å². The van der Waals surface area contributed by atoms with Crippen LogP contribution in [-0.2, 0) is 11.2 Å². The van der Waals surface area contributed by atoms with E-state index in [1.807, 2.05) is 51.1 Å². The van der Waals surface area contributed by atoms with E-state index in [4.69, 9.17) is 16.3 Å². The van der Waals surface area contributed by atoms with Crippen molar-refractivity contribution in [3.8, 4) is 5.75 Å². The molecule has 0 aliphatic rings. The third kappa shape index (κ3) is 4.26. The minimum absolute atomic E-state index is 0.0270. The molecule has 0 saturated heterocycles. The zero-order chi connectivity index (χ0) is 17.0. The molecule has 0 fully saturated rings. The topological polar surface area (TPSA) is 38.3 Å². The minimum Gasteiger partial charge on any atom is -0.483 e. The number of benzene rings is 2. The third-order valence-corrected chi connectivity index (χ3v) is 4.00. The van der Waals surface area contributed by atoms with Gasteiger partial charge in [0.25, 0.3) is 5.91 Å². The molecule has 0 atom stereocenters. The Kier molecular flexibility index (Phi) is 5.67. The molecule has 1 amide bonds. The fraction of sp³-hybridized carbons (Fsp3) is 0.316. The van der Waals surface area contributed by atoms with Crippen LogP contribution in [0.1, 0.15) is 29.2 Å². The molecule has 122 valence electrons. The van der Waals surface area contributed by atoms with Gasteiger partial charge >= 0.3 is 0 Å². The van der Waals surface area contributed by atoms with E-state index >= 15 is 0 Å². The first-order valence-corrected chi connectivity index (χ1v) is 8.08. The predicted octanol–water partition coefficient (Wildman–Crippen LogP) is 4.85. The third-order valence-electron chi connectivity index (χ3n) is 3.78. The van der Waals surface area contributed by atoms with Crippen molar-refractivity contribution in [3.05, 3.63) is 57.6 Å². The highest BCUT2D eigenvalue weighted by molar-refractivity contribution is 6.30. The Bertz CT molecular complexity index is 702. The summed E-state index contributed by atoms with van der Waals surface area (Å²) < 4.78 is 5.70. The maximum atomic E-state index is 12.2. The van der Waals surface area contributed by atoms with E-state index in [0.717, 1.165) is 34.4 Å². The van der Waals surface area contributed by atoms with Crippen molar-refractivity contribution in [2.45, 2.75) is 34.1 Å². The van der Waals surface area contributed by atoms with Crippen LogP contribution in [0.4, 0.5) is 5.69 Å². The van der Waals surface area contributed by atoms with Crippen LogP contribution in [0, 0.1) is 20.8 Å². The zero-order valence-electron chi connectivity index (χ0n) is 14.0. The Hall–Kier alpha value is -2.00. The van der Waals surface area contributed by atoms with Crippen molar-refractivity contribution in [2.75, 3.05) is 11.9 Å². The van der Waals surface area contributed by atoms with Crippen molar-refractivity contribution in [2.24, 2.45) is 0 Å². The summed E-state index contributed by atoms with van der Waals surface area (Å²) in [6.45, 7) is 7.87. The van der Waals surface area contributed by atoms with Crippen molar-refractivity contribution in [1.29, 1.82) is 0 Å². The molecule has 0 bridgehead atoms. The van der Waals surface area contributed by atoms with Gasteiger partial charge < -0.3 is 10.1 Å². The molecule has 0 unspecified atom stereocenters. The first-order valence-electron chi connectivity index (χ1n) is 7.70. The van der Waals surface area contributed by atoms with E-state index < -0.39 is 0 Å². The van der Waals surface area contributed by atoms with Gasteiger partial charge in [0.05, 0.1) is 0 Å². The molecule has 2 rings (SSSR count). The predicted molar refractivity (Wildman–Crippen MR) is 95.6 cm³/mol. The largest absolute Gasteiger partial charge is 0.483 e. The average molecular weight is 332 g/mol. The number of para-hydroxylation sites is 1. The molecular weight excluding hydrogens is 310 g/mol. The first-order chi connectivity index (χ1) is 10.9. The fourth-order valence-corrected chi connectivity index (χ4v) is 2.97. The van der Waals surface area contributed by atoms with Crippen LogP contribution >= 0.6 is 11.6 Å². The molecule has 0 radical (unpaired) electrons. The molecule has 2 aromatic rings. The number of carbonyl (C=O) groups is 1. The van der Waals surface area contributed by atoms with Gasteiger partial charge in [-0.05, 0) is 61.6 Å². The number of rotatable bonds is 5. The van der Waals surface area contributed by atoms with E-state index in [9.17, 15) is 4.79 Å². The van der Waals surface area contributed by atoms with Gasteiger partial charge in [0.15, 0.2) is 6.61 Å². The van der Waals surface area contributed by atoms with E-state index in [-0.39, 0.29) is 12.5 Å². The minimum atomic E-state index is -0.164. The second kappa shape index (κ2) is 7.51. The van der Waals surface area contributed by atoms with Gasteiger partial charge in [-0.15, -0.1) is 0 Å². The Morgan fingerprint density at radius 1 is 1.13 bits per heavy atom. The standard InChI is InChI=1S/C19H22ClNO2/c1-5-15-8-6-7-12(2)18(15)21-17(22)11-23-19-13(3)9-16(20)10-14(19)4/h6-10H,5,11H2,1-4H3,(H,21,22). The number of ether oxygens (including phenoxy) is 1. The lowest BCUT2D eigenvalue weighted by Gasteiger charge is -2.15. The summed E-state index contributed by atoms with van der Waals surface area (Å²) in [6, 6.07) is 9.68. The number of carbonyl (C=O) groups excluding carboxylic acids is 1. The van der Waals surface area contributed by atoms with Crippen LogP contribution in [0.15, 0.2) is 30.3 Å². The molecule has 1 N–H and O–H groups in total. The van der Waals surface area contributed by atoms with Gasteiger partial charge in [-0.3, -0.25) is 4.79 Å². The number of nitrogens with one attached hydrogen (secondary N) is 1. The molecule has 0 saturated carbocycles. The lowest BCUT2D eigenvalue weighted by molar-refractivity contribution is -0.118. The van der Waals surface area contributed by atoms with Crippen LogP contribution in [0.25, 0.3) is 0 Å². The number of hydrogen-bond acceptors (Lipinski definition) is 2. The van der Waals surface area contributed by atoms with Gasteiger partial charge in [0.2, 0.25) is 0 Å². The summed E-state index contributed by atoms with van der Waals surface area (Å²) >= 11 is 6.01. The van der Waals surface area contributed by atoms with Gasteiger partial charge in [0.1, 0.15) is 5.75 Å². The fourth-order valence-electron chi connectivity index (χ4n) is 2.64. The molecule has 0 heterocycles. The summed E-state index contributed by atoms with van der Waals surface area (Å²) in [7, 11) is 0. The zero-order valence-corrected chi connectivity index (χ0v) is 14.8. The quantitative estimate of drug-likeness (QED) is 0.850. The summed E-state index contributed by atoms with van der Waals surface area (Å²) in [6.07, 6.45) is 0.869. The molecular formula is C19H22ClNO2. The number of aryl methyl sites for hydroxylation is 4. The lowest BCUT2D eigenvalue weighted by atomic mass is 10.1. The second-order valence-electron chi connectivity index (χ2n) is 5.67. The normalized spacial score (nSPS) is 10.5. The Balaban J connectivity index is 2.07. The average Bonchev–Trinajstić information content (AvgIpc) is 2.48. The van der Waals surface area contributed by atoms with Gasteiger partial charge in [0, 0.05) is 10.7 Å². The number of anilines is 1. The van der Waals surface area contributed by atoms with Crippen LogP contribution in [0.5, 0.6) is 5.75 Å². The molecule has 0 aliphatic carbocycles. The number of hydrogen-bond donors (Lipinski definition) is 1. The number of amides is 1. The second-order valence-corrected chi connectivity index (χ2v) is 6.10. The molecule has 0 aromatic heterocycles. The Labute approximate surface area is 142 Å². The van der Waals surface area contributed by atoms with Crippen molar-refractivity contribution >= 4 is 23.2 Å². The Morgan fingerprint density at radius 3 is 2.39 bits per heavy atom. The van der Waals surface area contributed by atoms with E-state index in [2.05, 4.69) is 12.2 Å². The first kappa shape index (κ1) is 17.4. The summed E-state index contributed by atoms with van der Waals surface area (Å²) in [5, 5.41) is 3.63. The van der Waals surface area contributed by atoms with E-state index in [0.29, 0.717) is 10.8 Å². The van der Waals surface area contributed by atoms with E-state index in [1.165, 1.54) is 0 Å². The Morgan fingerprint density at radius 2 is 1.78 bits per heavy atom. The van der Waals surface area contributed by atoms with Crippen LogP contribution < -0.4 is 10.1 Å². The van der Waals surface area contributed by atoms with Crippen molar-refractivity contribution in [1.82, 2.24) is 0 Å². The van der Waals surface area contributed by atoms with Crippen LogP contribution in [0.2, 0.25) is 5.02 Å². The maximum Gasteiger partial charge on any atom is 0.262 e. The van der Waals surface area contributed by atoms with Gasteiger partial charge in [-0.1, -0.05) is 36.7 Å². The van der Waals surface area contributed by atoms with Crippen LogP contribution in [0.3, 0.4) is 0 Å². The van der Waals surface area contributed by atoms with Gasteiger partial charge in [-0.25, -0.2) is 0 Å². The molecule has 4 heteroatoms. The summed E-state index contributed by atoms with van der Waals surface area (Å²) in [5.41, 5.74) is 4.91. The summed E-state index contributed by atoms with van der Waals surface area (Å²) in [4.78, 5) is 12.2. The smallest absolute Gasteiger partial charge is 0.262 e. The molecule has 23 heavy (non-hydrogen) atoms. The highest BCUT2D eigenvalue weighted by atomic mass is 35.5.